The Bertz CT molecular complexity index is 564. The maximum absolute atomic E-state index is 11.3. The molecule has 0 saturated carbocycles. The molecule has 3 N–H and O–H groups in total. The lowest BCUT2D eigenvalue weighted by molar-refractivity contribution is 0.101. The third-order valence-electron chi connectivity index (χ3n) is 3.02. The first-order valence-electron chi connectivity index (χ1n) is 6.35. The number of nitrogens with two attached hydrogens (primary N) is 1. The second-order valence-corrected chi connectivity index (χ2v) is 4.52. The van der Waals surface area contributed by atoms with Crippen molar-refractivity contribution >= 4 is 17.2 Å². The number of rotatable bonds is 5. The molecule has 98 valence electrons. The molecule has 0 heterocycles. The summed E-state index contributed by atoms with van der Waals surface area (Å²) >= 11 is 0. The van der Waals surface area contributed by atoms with Crippen molar-refractivity contribution < 1.29 is 4.79 Å². The van der Waals surface area contributed by atoms with Gasteiger partial charge in [0.25, 0.3) is 0 Å². The van der Waals surface area contributed by atoms with E-state index < -0.39 is 0 Å². The minimum absolute atomic E-state index is 0.00617. The van der Waals surface area contributed by atoms with Gasteiger partial charge >= 0.3 is 0 Å². The number of Topliss-reactive ketones (excluding diaryl/α,β-unsaturated/α-hetero) is 1. The van der Waals surface area contributed by atoms with Crippen LogP contribution in [0.2, 0.25) is 0 Å². The van der Waals surface area contributed by atoms with Crippen LogP contribution in [0.3, 0.4) is 0 Å². The van der Waals surface area contributed by atoms with Gasteiger partial charge in [-0.05, 0) is 37.1 Å². The molecule has 0 bridgehead atoms. The molecule has 0 aliphatic heterocycles. The van der Waals surface area contributed by atoms with Crippen molar-refractivity contribution in [1.82, 2.24) is 0 Å². The standard InChI is InChI=1S/C16H18N2O/c1-12(19)15-8-7-14(11-16(15)17)18-10-9-13-5-3-2-4-6-13/h2-8,11,18H,9-10,17H2,1H3. The van der Waals surface area contributed by atoms with Gasteiger partial charge in [-0.2, -0.15) is 0 Å². The summed E-state index contributed by atoms with van der Waals surface area (Å²) in [5, 5.41) is 3.31. The van der Waals surface area contributed by atoms with Gasteiger partial charge in [0, 0.05) is 23.5 Å². The summed E-state index contributed by atoms with van der Waals surface area (Å²) in [5.74, 6) is -0.00617. The Labute approximate surface area is 113 Å². The fraction of sp³-hybridized carbons (Fsp3) is 0.188. The first-order chi connectivity index (χ1) is 9.16. The van der Waals surface area contributed by atoms with Gasteiger partial charge in [0.1, 0.15) is 0 Å². The van der Waals surface area contributed by atoms with Gasteiger partial charge in [-0.3, -0.25) is 4.79 Å². The van der Waals surface area contributed by atoms with Crippen LogP contribution in [0.5, 0.6) is 0 Å². The summed E-state index contributed by atoms with van der Waals surface area (Å²) in [5.41, 5.74) is 9.18. The Balaban J connectivity index is 1.93. The molecule has 2 aromatic carbocycles. The van der Waals surface area contributed by atoms with Crippen LogP contribution in [0, 0.1) is 0 Å². The van der Waals surface area contributed by atoms with E-state index in [9.17, 15) is 4.79 Å². The summed E-state index contributed by atoms with van der Waals surface area (Å²) in [6.07, 6.45) is 0.954. The molecule has 0 radical (unpaired) electrons. The summed E-state index contributed by atoms with van der Waals surface area (Å²) in [6.45, 7) is 2.36. The van der Waals surface area contributed by atoms with Crippen LogP contribution in [0.1, 0.15) is 22.8 Å². The van der Waals surface area contributed by atoms with E-state index in [1.54, 1.807) is 6.07 Å². The quantitative estimate of drug-likeness (QED) is 0.636. The fourth-order valence-corrected chi connectivity index (χ4v) is 1.99. The Morgan fingerprint density at radius 2 is 1.89 bits per heavy atom. The third-order valence-corrected chi connectivity index (χ3v) is 3.02. The van der Waals surface area contributed by atoms with Crippen molar-refractivity contribution in [2.45, 2.75) is 13.3 Å². The molecule has 0 fully saturated rings. The summed E-state index contributed by atoms with van der Waals surface area (Å²) in [7, 11) is 0. The van der Waals surface area contributed by atoms with Gasteiger partial charge in [0.2, 0.25) is 0 Å². The normalized spacial score (nSPS) is 10.2. The summed E-state index contributed by atoms with van der Waals surface area (Å²) < 4.78 is 0. The minimum atomic E-state index is -0.00617. The summed E-state index contributed by atoms with van der Waals surface area (Å²) in [6, 6.07) is 15.8. The van der Waals surface area contributed by atoms with Gasteiger partial charge in [-0.25, -0.2) is 0 Å². The van der Waals surface area contributed by atoms with Gasteiger partial charge in [-0.15, -0.1) is 0 Å². The van der Waals surface area contributed by atoms with Crippen molar-refractivity contribution in [3.05, 3.63) is 59.7 Å². The highest BCUT2D eigenvalue weighted by molar-refractivity contribution is 5.99. The lowest BCUT2D eigenvalue weighted by Crippen LogP contribution is -2.06. The lowest BCUT2D eigenvalue weighted by Gasteiger charge is -2.09. The van der Waals surface area contributed by atoms with Crippen molar-refractivity contribution in [3.63, 3.8) is 0 Å². The molecular weight excluding hydrogens is 236 g/mol. The fourth-order valence-electron chi connectivity index (χ4n) is 1.99. The molecule has 0 spiro atoms. The monoisotopic (exact) mass is 254 g/mol. The lowest BCUT2D eigenvalue weighted by atomic mass is 10.1. The van der Waals surface area contributed by atoms with E-state index in [1.165, 1.54) is 12.5 Å². The first-order valence-corrected chi connectivity index (χ1v) is 6.35. The van der Waals surface area contributed by atoms with Crippen molar-refractivity contribution in [3.8, 4) is 0 Å². The Kier molecular flexibility index (Phi) is 4.18. The average molecular weight is 254 g/mol. The highest BCUT2D eigenvalue weighted by Crippen LogP contribution is 2.18. The number of carbonyl (C=O) groups excluding carboxylic acids is 1. The van der Waals surface area contributed by atoms with E-state index in [0.29, 0.717) is 11.3 Å². The SMILES string of the molecule is CC(=O)c1ccc(NCCc2ccccc2)cc1N. The maximum atomic E-state index is 11.3. The van der Waals surface area contributed by atoms with Crippen LogP contribution in [0.25, 0.3) is 0 Å². The topological polar surface area (TPSA) is 55.1 Å². The van der Waals surface area contributed by atoms with E-state index in [2.05, 4.69) is 17.4 Å². The molecule has 0 atom stereocenters. The number of anilines is 2. The van der Waals surface area contributed by atoms with Crippen LogP contribution in [0.15, 0.2) is 48.5 Å². The molecule has 0 aromatic heterocycles. The zero-order chi connectivity index (χ0) is 13.7. The van der Waals surface area contributed by atoms with E-state index >= 15 is 0 Å². The van der Waals surface area contributed by atoms with E-state index in [4.69, 9.17) is 5.73 Å². The van der Waals surface area contributed by atoms with Crippen LogP contribution >= 0.6 is 0 Å². The van der Waals surface area contributed by atoms with Crippen molar-refractivity contribution in [1.29, 1.82) is 0 Å². The molecule has 3 nitrogen and oxygen atoms in total. The number of carbonyl (C=O) groups is 1. The third kappa shape index (κ3) is 3.58. The molecule has 0 aliphatic rings. The highest BCUT2D eigenvalue weighted by atomic mass is 16.1. The largest absolute Gasteiger partial charge is 0.398 e. The highest BCUT2D eigenvalue weighted by Gasteiger charge is 2.04. The number of benzene rings is 2. The molecule has 0 unspecified atom stereocenters. The predicted octanol–water partition coefficient (Wildman–Crippen LogP) is 3.13. The van der Waals surface area contributed by atoms with Crippen LogP contribution in [-0.4, -0.2) is 12.3 Å². The molecule has 19 heavy (non-hydrogen) atoms. The number of hydrogen-bond donors (Lipinski definition) is 2. The molecule has 3 heteroatoms. The van der Waals surface area contributed by atoms with Crippen molar-refractivity contribution in [2.75, 3.05) is 17.6 Å². The molecule has 2 rings (SSSR count). The Morgan fingerprint density at radius 1 is 1.16 bits per heavy atom. The Hall–Kier alpha value is -2.29. The second-order valence-electron chi connectivity index (χ2n) is 4.52. The minimum Gasteiger partial charge on any atom is -0.398 e. The second kappa shape index (κ2) is 6.05. The molecule has 0 amide bonds. The first kappa shape index (κ1) is 13.1. The van der Waals surface area contributed by atoms with E-state index in [1.807, 2.05) is 30.3 Å². The number of ketones is 1. The zero-order valence-electron chi connectivity index (χ0n) is 11.0. The van der Waals surface area contributed by atoms with E-state index in [0.717, 1.165) is 18.7 Å². The predicted molar refractivity (Wildman–Crippen MR) is 79.5 cm³/mol. The number of hydrogen-bond acceptors (Lipinski definition) is 3. The number of nitrogen functional groups attached to an aromatic ring is 1. The number of nitrogens with one attached hydrogen (secondary N) is 1. The van der Waals surface area contributed by atoms with Gasteiger partial charge in [0.15, 0.2) is 5.78 Å². The van der Waals surface area contributed by atoms with Crippen LogP contribution < -0.4 is 11.1 Å². The molecule has 2 aromatic rings. The molecule has 0 aliphatic carbocycles. The zero-order valence-corrected chi connectivity index (χ0v) is 11.0. The molecule has 0 saturated heterocycles. The maximum Gasteiger partial charge on any atom is 0.161 e. The van der Waals surface area contributed by atoms with E-state index in [-0.39, 0.29) is 5.78 Å². The van der Waals surface area contributed by atoms with Gasteiger partial charge < -0.3 is 11.1 Å². The smallest absolute Gasteiger partial charge is 0.161 e. The van der Waals surface area contributed by atoms with Crippen LogP contribution in [0.4, 0.5) is 11.4 Å². The Morgan fingerprint density at radius 3 is 2.53 bits per heavy atom. The van der Waals surface area contributed by atoms with Crippen molar-refractivity contribution in [2.24, 2.45) is 0 Å². The van der Waals surface area contributed by atoms with Crippen LogP contribution in [-0.2, 0) is 6.42 Å². The summed E-state index contributed by atoms with van der Waals surface area (Å²) in [4.78, 5) is 11.3. The molecular formula is C16H18N2O. The van der Waals surface area contributed by atoms with Gasteiger partial charge in [0.05, 0.1) is 0 Å². The average Bonchev–Trinajstić information content (AvgIpc) is 2.39. The van der Waals surface area contributed by atoms with Gasteiger partial charge in [-0.1, -0.05) is 30.3 Å².